The van der Waals surface area contributed by atoms with Crippen molar-refractivity contribution in [2.45, 2.75) is 51.3 Å². The maximum atomic E-state index is 13.4. The number of aromatic nitrogens is 1. The average molecular weight is 565 g/mol. The summed E-state index contributed by atoms with van der Waals surface area (Å²) in [7, 11) is 0. The number of thiazole rings is 1. The van der Waals surface area contributed by atoms with Gasteiger partial charge in [0.1, 0.15) is 18.4 Å². The molecule has 2 aliphatic rings. The number of thioether (sulfide) groups is 1. The molecule has 6 nitrogen and oxygen atoms in total. The first-order chi connectivity index (χ1) is 17.9. The number of hydrogen-bond donors (Lipinski definition) is 2. The van der Waals surface area contributed by atoms with Crippen LogP contribution in [0.4, 0.5) is 13.2 Å². The number of alkyl halides is 3. The van der Waals surface area contributed by atoms with Gasteiger partial charge in [-0.25, -0.2) is 9.78 Å². The van der Waals surface area contributed by atoms with Gasteiger partial charge in [0, 0.05) is 15.5 Å². The molecule has 1 aromatic heterocycles. The van der Waals surface area contributed by atoms with Crippen LogP contribution in [0.3, 0.4) is 0 Å². The van der Waals surface area contributed by atoms with Gasteiger partial charge in [0.05, 0.1) is 28.3 Å². The molecule has 2 unspecified atom stereocenters. The Morgan fingerprint density at radius 3 is 2.50 bits per heavy atom. The summed E-state index contributed by atoms with van der Waals surface area (Å²) in [5.41, 5.74) is 1.76. The minimum absolute atomic E-state index is 0.0608. The highest BCUT2D eigenvalue weighted by molar-refractivity contribution is 8.09. The Bertz CT molecular complexity index is 1280. The summed E-state index contributed by atoms with van der Waals surface area (Å²) in [6, 6.07) is 3.52. The van der Waals surface area contributed by atoms with E-state index in [4.69, 9.17) is 4.74 Å². The molecule has 0 spiro atoms. The third kappa shape index (κ3) is 5.99. The number of hydrogen-bond acceptors (Lipinski definition) is 6. The van der Waals surface area contributed by atoms with Crippen molar-refractivity contribution in [2.75, 3.05) is 0 Å². The zero-order chi connectivity index (χ0) is 27.7. The number of allylic oxidation sites excluding steroid dienone is 1. The van der Waals surface area contributed by atoms with Gasteiger partial charge in [-0.3, -0.25) is 4.79 Å². The third-order valence-corrected chi connectivity index (χ3v) is 8.70. The van der Waals surface area contributed by atoms with E-state index in [0.29, 0.717) is 17.7 Å². The Morgan fingerprint density at radius 2 is 1.92 bits per heavy atom. The minimum Gasteiger partial charge on any atom is -0.492 e. The molecule has 1 aliphatic heterocycles. The molecule has 4 rings (SSSR count). The summed E-state index contributed by atoms with van der Waals surface area (Å²) < 4.78 is 45.0. The van der Waals surface area contributed by atoms with Crippen LogP contribution in [0.1, 0.15) is 44.0 Å². The fraction of sp³-hybridized carbons (Fsp3) is 0.370. The van der Waals surface area contributed by atoms with Crippen LogP contribution in [0.5, 0.6) is 0 Å². The van der Waals surface area contributed by atoms with Crippen molar-refractivity contribution < 1.29 is 32.6 Å². The number of amides is 1. The van der Waals surface area contributed by atoms with E-state index in [9.17, 15) is 27.9 Å². The second-order valence-electron chi connectivity index (χ2n) is 9.72. The Labute approximate surface area is 226 Å². The highest BCUT2D eigenvalue weighted by Gasteiger charge is 2.40. The molecule has 1 aliphatic carbocycles. The Balaban J connectivity index is 1.65. The van der Waals surface area contributed by atoms with Gasteiger partial charge in [0.25, 0.3) is 5.91 Å². The van der Waals surface area contributed by atoms with Crippen LogP contribution in [-0.2, 0) is 27.1 Å². The molecule has 0 bridgehead atoms. The molecule has 1 amide bonds. The quantitative estimate of drug-likeness (QED) is 0.373. The molecular formula is C27H27F3N2O4S2. The van der Waals surface area contributed by atoms with Crippen LogP contribution in [0.15, 0.2) is 64.7 Å². The van der Waals surface area contributed by atoms with Crippen LogP contribution in [0, 0.1) is 11.3 Å². The fourth-order valence-corrected chi connectivity index (χ4v) is 6.03. The van der Waals surface area contributed by atoms with E-state index in [1.54, 1.807) is 37.2 Å². The van der Waals surface area contributed by atoms with E-state index < -0.39 is 35.1 Å². The monoisotopic (exact) mass is 564 g/mol. The summed E-state index contributed by atoms with van der Waals surface area (Å²) in [5, 5.41) is 14.3. The summed E-state index contributed by atoms with van der Waals surface area (Å²) in [4.78, 5) is 30.7. The molecule has 2 heterocycles. The number of benzene rings is 1. The number of nitrogens with zero attached hydrogens (tertiary/aromatic N) is 1. The number of aliphatic carboxylic acids is 1. The van der Waals surface area contributed by atoms with Crippen molar-refractivity contribution in [3.05, 3.63) is 81.5 Å². The lowest BCUT2D eigenvalue weighted by atomic mass is 9.81. The van der Waals surface area contributed by atoms with Gasteiger partial charge < -0.3 is 15.2 Å². The zero-order valence-electron chi connectivity index (χ0n) is 20.9. The summed E-state index contributed by atoms with van der Waals surface area (Å²) in [6.07, 6.45) is 1.55. The van der Waals surface area contributed by atoms with Crippen LogP contribution in [0.25, 0.3) is 4.91 Å². The number of rotatable bonds is 9. The van der Waals surface area contributed by atoms with Crippen molar-refractivity contribution in [3.63, 3.8) is 0 Å². The third-order valence-electron chi connectivity index (χ3n) is 6.79. The van der Waals surface area contributed by atoms with E-state index in [-0.39, 0.29) is 23.3 Å². The number of carbonyl (C=O) groups excluding carboxylic acids is 1. The number of halogens is 3. The second-order valence-corrected chi connectivity index (χ2v) is 11.7. The first-order valence-corrected chi connectivity index (χ1v) is 13.7. The molecule has 1 aromatic carbocycles. The molecular weight excluding hydrogens is 537 g/mol. The zero-order valence-corrected chi connectivity index (χ0v) is 22.5. The SMILES string of the molecule is CCC(C)(C)[C@H](NC(=O)C1=C(OCc2ccc(C(F)(F)F)cc2)C2C=C(c3cscn3)SC2C=C1)C(=O)O. The average Bonchev–Trinajstić information content (AvgIpc) is 3.55. The normalized spacial score (nSPS) is 20.1. The Morgan fingerprint density at radius 1 is 1.21 bits per heavy atom. The van der Waals surface area contributed by atoms with E-state index in [2.05, 4.69) is 10.3 Å². The van der Waals surface area contributed by atoms with E-state index in [1.165, 1.54) is 23.5 Å². The summed E-state index contributed by atoms with van der Waals surface area (Å²) >= 11 is 3.04. The number of carboxylic acids is 1. The van der Waals surface area contributed by atoms with Gasteiger partial charge in [0.2, 0.25) is 0 Å². The number of nitrogens with one attached hydrogen (secondary N) is 1. The lowest BCUT2D eigenvalue weighted by molar-refractivity contribution is -0.144. The van der Waals surface area contributed by atoms with Gasteiger partial charge in [-0.15, -0.1) is 23.1 Å². The van der Waals surface area contributed by atoms with Gasteiger partial charge in [0.15, 0.2) is 0 Å². The number of ether oxygens (including phenoxy) is 1. The smallest absolute Gasteiger partial charge is 0.416 e. The lowest BCUT2D eigenvalue weighted by Crippen LogP contribution is -2.50. The van der Waals surface area contributed by atoms with Gasteiger partial charge in [-0.05, 0) is 35.6 Å². The standard InChI is InChI=1S/C27H27F3N2O4S2/c1-4-26(2,3)23(25(34)35)32-24(33)17-9-10-20-18(11-21(38-20)19-13-37-14-31-19)22(17)36-12-15-5-7-16(8-6-15)27(28,29)30/h5-11,13-14,18,20,23H,4,12H2,1-3H3,(H,32,33)(H,34,35)/t18?,20?,23-/m1/s1. The number of fused-ring (bicyclic) bond motifs is 1. The van der Waals surface area contributed by atoms with Gasteiger partial charge in [-0.1, -0.05) is 45.1 Å². The van der Waals surface area contributed by atoms with Crippen LogP contribution >= 0.6 is 23.1 Å². The molecule has 0 fully saturated rings. The number of carboxylic acid groups (broad SMARTS) is 1. The van der Waals surface area contributed by atoms with Crippen molar-refractivity contribution in [3.8, 4) is 0 Å². The van der Waals surface area contributed by atoms with Gasteiger partial charge >= 0.3 is 12.1 Å². The molecule has 2 N–H and O–H groups in total. The minimum atomic E-state index is -4.44. The molecule has 0 saturated heterocycles. The van der Waals surface area contributed by atoms with Crippen LogP contribution in [0.2, 0.25) is 0 Å². The fourth-order valence-electron chi connectivity index (χ4n) is 4.15. The second kappa shape index (κ2) is 11.0. The van der Waals surface area contributed by atoms with Crippen molar-refractivity contribution >= 4 is 39.9 Å². The number of carbonyl (C=O) groups is 2. The first-order valence-electron chi connectivity index (χ1n) is 11.9. The maximum Gasteiger partial charge on any atom is 0.416 e. The molecule has 38 heavy (non-hydrogen) atoms. The molecule has 2 aromatic rings. The Hall–Kier alpha value is -3.05. The molecule has 11 heteroatoms. The molecule has 0 radical (unpaired) electrons. The predicted molar refractivity (Wildman–Crippen MR) is 141 cm³/mol. The van der Waals surface area contributed by atoms with Gasteiger partial charge in [-0.2, -0.15) is 13.2 Å². The Kier molecular flexibility index (Phi) is 8.08. The largest absolute Gasteiger partial charge is 0.492 e. The summed E-state index contributed by atoms with van der Waals surface area (Å²) in [6.45, 7) is 5.33. The van der Waals surface area contributed by atoms with Crippen LogP contribution in [-0.4, -0.2) is 33.3 Å². The highest BCUT2D eigenvalue weighted by Crippen LogP contribution is 2.48. The topological polar surface area (TPSA) is 88.5 Å². The molecule has 3 atom stereocenters. The van der Waals surface area contributed by atoms with Crippen molar-refractivity contribution in [1.29, 1.82) is 0 Å². The maximum absolute atomic E-state index is 13.4. The van der Waals surface area contributed by atoms with E-state index in [0.717, 1.165) is 22.7 Å². The van der Waals surface area contributed by atoms with E-state index in [1.807, 2.05) is 24.5 Å². The van der Waals surface area contributed by atoms with Crippen molar-refractivity contribution in [1.82, 2.24) is 10.3 Å². The molecule has 202 valence electrons. The lowest BCUT2D eigenvalue weighted by Gasteiger charge is -2.32. The predicted octanol–water partition coefficient (Wildman–Crippen LogP) is 6.28. The highest BCUT2D eigenvalue weighted by atomic mass is 32.2. The molecule has 0 saturated carbocycles. The first kappa shape index (κ1) is 28.0. The van der Waals surface area contributed by atoms with Crippen molar-refractivity contribution in [2.24, 2.45) is 11.3 Å². The summed E-state index contributed by atoms with van der Waals surface area (Å²) in [5.74, 6) is -1.72. The van der Waals surface area contributed by atoms with Crippen LogP contribution < -0.4 is 5.32 Å². The van der Waals surface area contributed by atoms with E-state index >= 15 is 0 Å².